The van der Waals surface area contributed by atoms with Gasteiger partial charge in [0.15, 0.2) is 17.1 Å². The standard InChI is InChI=1S/C11H10O5/c1-5(12)7-8(13)9(14)11-6(3-4-16-11)10(7)15-2/h3-4,13-14H,1-2H3. The number of hydrogen-bond acceptors (Lipinski definition) is 5. The van der Waals surface area contributed by atoms with E-state index < -0.39 is 17.3 Å². The molecule has 2 rings (SSSR count). The average Bonchev–Trinajstić information content (AvgIpc) is 2.71. The van der Waals surface area contributed by atoms with Gasteiger partial charge in [-0.25, -0.2) is 0 Å². The number of furan rings is 1. The number of methoxy groups -OCH3 is 1. The quantitative estimate of drug-likeness (QED) is 0.600. The van der Waals surface area contributed by atoms with Crippen LogP contribution in [0.15, 0.2) is 16.7 Å². The lowest BCUT2D eigenvalue weighted by Gasteiger charge is -2.10. The van der Waals surface area contributed by atoms with Crippen molar-refractivity contribution in [3.63, 3.8) is 0 Å². The van der Waals surface area contributed by atoms with Crippen LogP contribution in [0.4, 0.5) is 0 Å². The Balaban J connectivity index is 2.97. The zero-order chi connectivity index (χ0) is 11.9. The molecule has 2 aromatic rings. The van der Waals surface area contributed by atoms with Gasteiger partial charge in [-0.05, 0) is 13.0 Å². The van der Waals surface area contributed by atoms with Gasteiger partial charge < -0.3 is 19.4 Å². The Bertz CT molecular complexity index is 567. The minimum Gasteiger partial charge on any atom is -0.504 e. The number of phenolic OH excluding ortho intramolecular Hbond substituents is 2. The summed E-state index contributed by atoms with van der Waals surface area (Å²) in [7, 11) is 1.38. The maximum absolute atomic E-state index is 11.4. The van der Waals surface area contributed by atoms with Crippen molar-refractivity contribution in [3.8, 4) is 17.2 Å². The molecule has 0 radical (unpaired) electrons. The monoisotopic (exact) mass is 222 g/mol. The van der Waals surface area contributed by atoms with Crippen molar-refractivity contribution < 1.29 is 24.2 Å². The number of carbonyl (C=O) groups excluding carboxylic acids is 1. The molecule has 5 heteroatoms. The molecule has 0 saturated heterocycles. The van der Waals surface area contributed by atoms with Gasteiger partial charge in [0.05, 0.1) is 18.8 Å². The number of phenols is 2. The molecule has 0 unspecified atom stereocenters. The van der Waals surface area contributed by atoms with Gasteiger partial charge in [0.25, 0.3) is 0 Å². The summed E-state index contributed by atoms with van der Waals surface area (Å²) in [4.78, 5) is 11.4. The number of rotatable bonds is 2. The molecule has 0 bridgehead atoms. The van der Waals surface area contributed by atoms with Crippen LogP contribution in [0.25, 0.3) is 11.0 Å². The summed E-state index contributed by atoms with van der Waals surface area (Å²) in [5, 5.41) is 19.8. The largest absolute Gasteiger partial charge is 0.504 e. The molecule has 0 amide bonds. The van der Waals surface area contributed by atoms with Gasteiger partial charge >= 0.3 is 0 Å². The molecule has 0 atom stereocenters. The van der Waals surface area contributed by atoms with E-state index in [0.29, 0.717) is 5.39 Å². The first kappa shape index (κ1) is 10.4. The van der Waals surface area contributed by atoms with Gasteiger partial charge in [-0.3, -0.25) is 4.79 Å². The maximum Gasteiger partial charge on any atom is 0.202 e. The van der Waals surface area contributed by atoms with E-state index in [4.69, 9.17) is 9.15 Å². The number of fused-ring (bicyclic) bond motifs is 1. The molecule has 0 fully saturated rings. The summed E-state index contributed by atoms with van der Waals surface area (Å²) in [5.41, 5.74) is 0.0493. The van der Waals surface area contributed by atoms with Crippen LogP contribution in [0.5, 0.6) is 17.2 Å². The topological polar surface area (TPSA) is 79.9 Å². The summed E-state index contributed by atoms with van der Waals surface area (Å²) in [5.74, 6) is -1.17. The fourth-order valence-corrected chi connectivity index (χ4v) is 1.68. The minimum absolute atomic E-state index is 0.0473. The Morgan fingerprint density at radius 1 is 1.38 bits per heavy atom. The highest BCUT2D eigenvalue weighted by molar-refractivity contribution is 6.07. The van der Waals surface area contributed by atoms with E-state index in [0.717, 1.165) is 0 Å². The van der Waals surface area contributed by atoms with Gasteiger partial charge in [-0.2, -0.15) is 0 Å². The van der Waals surface area contributed by atoms with Gasteiger partial charge in [0, 0.05) is 0 Å². The highest BCUT2D eigenvalue weighted by atomic mass is 16.5. The minimum atomic E-state index is -0.521. The molecule has 16 heavy (non-hydrogen) atoms. The number of benzene rings is 1. The summed E-state index contributed by atoms with van der Waals surface area (Å²) in [6.07, 6.45) is 1.34. The van der Waals surface area contributed by atoms with E-state index >= 15 is 0 Å². The number of ether oxygens (including phenoxy) is 1. The van der Waals surface area contributed by atoms with Crippen molar-refractivity contribution in [3.05, 3.63) is 17.9 Å². The zero-order valence-electron chi connectivity index (χ0n) is 8.77. The second-order valence-electron chi connectivity index (χ2n) is 3.33. The molecular weight excluding hydrogens is 212 g/mol. The molecule has 0 saturated carbocycles. The van der Waals surface area contributed by atoms with E-state index in [1.54, 1.807) is 6.07 Å². The van der Waals surface area contributed by atoms with Crippen LogP contribution in [0.3, 0.4) is 0 Å². The average molecular weight is 222 g/mol. The van der Waals surface area contributed by atoms with Crippen LogP contribution < -0.4 is 4.74 Å². The van der Waals surface area contributed by atoms with Crippen LogP contribution in [-0.2, 0) is 0 Å². The Labute approximate surface area is 90.9 Å². The molecule has 84 valence electrons. The fourth-order valence-electron chi connectivity index (χ4n) is 1.68. The summed E-state index contributed by atoms with van der Waals surface area (Å²) in [6, 6.07) is 1.56. The lowest BCUT2D eigenvalue weighted by atomic mass is 10.1. The molecule has 2 N–H and O–H groups in total. The summed E-state index contributed by atoms with van der Waals surface area (Å²) in [6.45, 7) is 1.28. The zero-order valence-corrected chi connectivity index (χ0v) is 8.77. The molecule has 0 aliphatic rings. The lowest BCUT2D eigenvalue weighted by molar-refractivity contribution is 0.101. The molecule has 1 aromatic heterocycles. The van der Waals surface area contributed by atoms with Crippen molar-refractivity contribution in [2.24, 2.45) is 0 Å². The number of hydrogen-bond donors (Lipinski definition) is 2. The molecule has 0 aliphatic carbocycles. The van der Waals surface area contributed by atoms with Crippen molar-refractivity contribution in [1.82, 2.24) is 0 Å². The smallest absolute Gasteiger partial charge is 0.202 e. The van der Waals surface area contributed by atoms with Crippen molar-refractivity contribution >= 4 is 16.8 Å². The normalized spacial score (nSPS) is 10.6. The second-order valence-corrected chi connectivity index (χ2v) is 3.33. The Morgan fingerprint density at radius 3 is 2.62 bits per heavy atom. The van der Waals surface area contributed by atoms with E-state index in [9.17, 15) is 15.0 Å². The number of carbonyl (C=O) groups is 1. The third kappa shape index (κ3) is 1.21. The van der Waals surface area contributed by atoms with Crippen molar-refractivity contribution in [1.29, 1.82) is 0 Å². The highest BCUT2D eigenvalue weighted by Gasteiger charge is 2.24. The van der Waals surface area contributed by atoms with Gasteiger partial charge in [-0.15, -0.1) is 0 Å². The van der Waals surface area contributed by atoms with E-state index in [-0.39, 0.29) is 16.9 Å². The first-order valence-electron chi connectivity index (χ1n) is 4.58. The SMILES string of the molecule is COc1c(C(C)=O)c(O)c(O)c2occc12. The van der Waals surface area contributed by atoms with E-state index in [2.05, 4.69) is 0 Å². The Morgan fingerprint density at radius 2 is 2.06 bits per heavy atom. The van der Waals surface area contributed by atoms with Gasteiger partial charge in [0.2, 0.25) is 5.75 Å². The van der Waals surface area contributed by atoms with Crippen LogP contribution in [-0.4, -0.2) is 23.1 Å². The van der Waals surface area contributed by atoms with E-state index in [1.807, 2.05) is 0 Å². The Hall–Kier alpha value is -2.17. The molecule has 0 aliphatic heterocycles. The van der Waals surface area contributed by atoms with Crippen molar-refractivity contribution in [2.75, 3.05) is 7.11 Å². The fraction of sp³-hybridized carbons (Fsp3) is 0.182. The van der Waals surface area contributed by atoms with Crippen LogP contribution in [0, 0.1) is 0 Å². The third-order valence-electron chi connectivity index (χ3n) is 2.37. The van der Waals surface area contributed by atoms with Crippen molar-refractivity contribution in [2.45, 2.75) is 6.92 Å². The molecule has 0 spiro atoms. The van der Waals surface area contributed by atoms with Crippen LogP contribution >= 0.6 is 0 Å². The highest BCUT2D eigenvalue weighted by Crippen LogP contribution is 2.44. The first-order chi connectivity index (χ1) is 7.57. The predicted octanol–water partition coefficient (Wildman–Crippen LogP) is 2.06. The summed E-state index contributed by atoms with van der Waals surface area (Å²) >= 11 is 0. The third-order valence-corrected chi connectivity index (χ3v) is 2.37. The van der Waals surface area contributed by atoms with Gasteiger partial charge in [-0.1, -0.05) is 0 Å². The first-order valence-corrected chi connectivity index (χ1v) is 4.58. The molecular formula is C11H10O5. The number of Topliss-reactive ketones (excluding diaryl/α,β-unsaturated/α-hetero) is 1. The van der Waals surface area contributed by atoms with Crippen LogP contribution in [0.2, 0.25) is 0 Å². The summed E-state index contributed by atoms with van der Waals surface area (Å²) < 4.78 is 10.1. The lowest BCUT2D eigenvalue weighted by Crippen LogP contribution is -1.98. The second kappa shape index (κ2) is 3.44. The molecule has 1 heterocycles. The maximum atomic E-state index is 11.4. The van der Waals surface area contributed by atoms with E-state index in [1.165, 1.54) is 20.3 Å². The number of aromatic hydroxyl groups is 2. The molecule has 1 aromatic carbocycles. The number of ketones is 1. The van der Waals surface area contributed by atoms with Gasteiger partial charge in [0.1, 0.15) is 11.3 Å². The Kier molecular flexibility index (Phi) is 2.23. The predicted molar refractivity (Wildman–Crippen MR) is 56.1 cm³/mol. The van der Waals surface area contributed by atoms with Crippen LogP contribution in [0.1, 0.15) is 17.3 Å². The molecule has 5 nitrogen and oxygen atoms in total.